The van der Waals surface area contributed by atoms with Crippen molar-refractivity contribution in [2.75, 3.05) is 20.3 Å². The predicted molar refractivity (Wildman–Crippen MR) is 65.7 cm³/mol. The molecule has 0 fully saturated rings. The van der Waals surface area contributed by atoms with Crippen molar-refractivity contribution in [2.45, 2.75) is 26.4 Å². The number of carboxylic acid groups (broad SMARTS) is 1. The number of rotatable bonds is 7. The van der Waals surface area contributed by atoms with Crippen LogP contribution in [-0.2, 0) is 16.1 Å². The van der Waals surface area contributed by atoms with Crippen LogP contribution in [0.2, 0.25) is 0 Å². The summed E-state index contributed by atoms with van der Waals surface area (Å²) in [4.78, 5) is 24.4. The third-order valence-electron chi connectivity index (χ3n) is 2.66. The maximum atomic E-state index is 12.1. The van der Waals surface area contributed by atoms with E-state index in [0.717, 1.165) is 0 Å². The number of amides is 1. The molecule has 0 aliphatic rings. The first-order valence-electron chi connectivity index (χ1n) is 5.91. The van der Waals surface area contributed by atoms with E-state index < -0.39 is 5.97 Å². The van der Waals surface area contributed by atoms with Crippen LogP contribution in [0.1, 0.15) is 24.3 Å². The lowest BCUT2D eigenvalue weighted by Crippen LogP contribution is -2.42. The number of ether oxygens (including phenoxy) is 1. The zero-order chi connectivity index (χ0) is 14.4. The van der Waals surface area contributed by atoms with E-state index in [1.807, 2.05) is 13.8 Å². The van der Waals surface area contributed by atoms with Gasteiger partial charge in [-0.25, -0.2) is 9.48 Å². The predicted octanol–water partition coefficient (Wildman–Crippen LogP) is -0.140. The maximum Gasteiger partial charge on any atom is 0.358 e. The Morgan fingerprint density at radius 3 is 2.74 bits per heavy atom. The minimum atomic E-state index is -1.17. The van der Waals surface area contributed by atoms with Crippen LogP contribution in [0.15, 0.2) is 6.20 Å². The van der Waals surface area contributed by atoms with E-state index >= 15 is 0 Å². The second-order valence-corrected chi connectivity index (χ2v) is 4.09. The van der Waals surface area contributed by atoms with Gasteiger partial charge < -0.3 is 14.7 Å². The Kier molecular flexibility index (Phi) is 5.43. The van der Waals surface area contributed by atoms with E-state index in [1.165, 1.54) is 10.9 Å². The molecule has 106 valence electrons. The van der Waals surface area contributed by atoms with Crippen LogP contribution in [0, 0.1) is 0 Å². The van der Waals surface area contributed by atoms with Gasteiger partial charge in [-0.2, -0.15) is 0 Å². The fourth-order valence-electron chi connectivity index (χ4n) is 1.77. The highest BCUT2D eigenvalue weighted by Crippen LogP contribution is 2.02. The summed E-state index contributed by atoms with van der Waals surface area (Å²) in [7, 11) is 1.57. The van der Waals surface area contributed by atoms with Gasteiger partial charge in [0.15, 0.2) is 5.69 Å². The molecule has 1 aromatic rings. The van der Waals surface area contributed by atoms with E-state index in [1.54, 1.807) is 12.0 Å². The standard InChI is InChI=1S/C11H18N4O4/c1-4-15(8(2)7-19-3)10(16)6-14-5-9(11(17)18)12-13-14/h5,8H,4,6-7H2,1-3H3,(H,17,18). The average molecular weight is 270 g/mol. The molecule has 1 rings (SSSR count). The topological polar surface area (TPSA) is 97.6 Å². The van der Waals surface area contributed by atoms with Crippen molar-refractivity contribution >= 4 is 11.9 Å². The minimum absolute atomic E-state index is 0.0395. The normalized spacial score (nSPS) is 12.2. The highest BCUT2D eigenvalue weighted by molar-refractivity contribution is 5.84. The van der Waals surface area contributed by atoms with Gasteiger partial charge in [0.2, 0.25) is 5.91 Å². The van der Waals surface area contributed by atoms with Crippen molar-refractivity contribution in [1.29, 1.82) is 0 Å². The molecule has 0 aliphatic carbocycles. The molecule has 8 heteroatoms. The second kappa shape index (κ2) is 6.83. The Labute approximate surface area is 111 Å². The monoisotopic (exact) mass is 270 g/mol. The molecule has 1 unspecified atom stereocenters. The molecule has 0 aromatic carbocycles. The van der Waals surface area contributed by atoms with Crippen LogP contribution >= 0.6 is 0 Å². The molecule has 19 heavy (non-hydrogen) atoms. The van der Waals surface area contributed by atoms with Gasteiger partial charge in [0.1, 0.15) is 6.54 Å². The van der Waals surface area contributed by atoms with Crippen molar-refractivity contribution in [1.82, 2.24) is 19.9 Å². The molecule has 1 atom stereocenters. The van der Waals surface area contributed by atoms with E-state index in [-0.39, 0.29) is 24.2 Å². The minimum Gasteiger partial charge on any atom is -0.476 e. The molecule has 1 amide bonds. The molecule has 0 bridgehead atoms. The third kappa shape index (κ3) is 4.02. The first-order chi connectivity index (χ1) is 8.99. The smallest absolute Gasteiger partial charge is 0.358 e. The molecular formula is C11H18N4O4. The van der Waals surface area contributed by atoms with Gasteiger partial charge in [-0.05, 0) is 13.8 Å². The second-order valence-electron chi connectivity index (χ2n) is 4.09. The van der Waals surface area contributed by atoms with Crippen molar-refractivity contribution in [3.8, 4) is 0 Å². The highest BCUT2D eigenvalue weighted by atomic mass is 16.5. The first-order valence-corrected chi connectivity index (χ1v) is 5.91. The molecule has 0 spiro atoms. The molecule has 0 radical (unpaired) electrons. The van der Waals surface area contributed by atoms with Crippen molar-refractivity contribution in [3.05, 3.63) is 11.9 Å². The number of carboxylic acids is 1. The number of aromatic nitrogens is 3. The quantitative estimate of drug-likeness (QED) is 0.740. The van der Waals surface area contributed by atoms with Crippen LogP contribution in [0.25, 0.3) is 0 Å². The number of nitrogens with zero attached hydrogens (tertiary/aromatic N) is 4. The molecule has 8 nitrogen and oxygen atoms in total. The average Bonchev–Trinajstić information content (AvgIpc) is 2.78. The zero-order valence-electron chi connectivity index (χ0n) is 11.2. The molecule has 1 N–H and O–H groups in total. The summed E-state index contributed by atoms with van der Waals surface area (Å²) in [5.41, 5.74) is -0.180. The van der Waals surface area contributed by atoms with E-state index in [0.29, 0.717) is 13.2 Å². The first kappa shape index (κ1) is 15.1. The largest absolute Gasteiger partial charge is 0.476 e. The van der Waals surface area contributed by atoms with Crippen LogP contribution in [0.3, 0.4) is 0 Å². The van der Waals surface area contributed by atoms with Crippen LogP contribution < -0.4 is 0 Å². The summed E-state index contributed by atoms with van der Waals surface area (Å²) in [6.07, 6.45) is 1.23. The fourth-order valence-corrected chi connectivity index (χ4v) is 1.77. The molecule has 1 aromatic heterocycles. The van der Waals surface area contributed by atoms with Gasteiger partial charge in [-0.15, -0.1) is 5.10 Å². The molecule has 0 saturated carbocycles. The summed E-state index contributed by atoms with van der Waals surface area (Å²) < 4.78 is 6.23. The molecular weight excluding hydrogens is 252 g/mol. The van der Waals surface area contributed by atoms with Crippen LogP contribution in [-0.4, -0.2) is 63.2 Å². The van der Waals surface area contributed by atoms with Gasteiger partial charge in [0.05, 0.1) is 18.8 Å². The molecule has 1 heterocycles. The number of carbonyl (C=O) groups excluding carboxylic acids is 1. The van der Waals surface area contributed by atoms with E-state index in [4.69, 9.17) is 9.84 Å². The van der Waals surface area contributed by atoms with Gasteiger partial charge in [0, 0.05) is 13.7 Å². The zero-order valence-corrected chi connectivity index (χ0v) is 11.2. The number of hydrogen-bond donors (Lipinski definition) is 1. The Morgan fingerprint density at radius 2 is 2.26 bits per heavy atom. The van der Waals surface area contributed by atoms with Crippen molar-refractivity contribution < 1.29 is 19.4 Å². The van der Waals surface area contributed by atoms with Crippen molar-refractivity contribution in [2.24, 2.45) is 0 Å². The number of likely N-dealkylation sites (N-methyl/N-ethyl adjacent to an activating group) is 1. The van der Waals surface area contributed by atoms with Gasteiger partial charge >= 0.3 is 5.97 Å². The van der Waals surface area contributed by atoms with E-state index in [2.05, 4.69) is 10.3 Å². The number of carbonyl (C=O) groups is 2. The van der Waals surface area contributed by atoms with Crippen molar-refractivity contribution in [3.63, 3.8) is 0 Å². The summed E-state index contributed by atoms with van der Waals surface area (Å²) >= 11 is 0. The number of methoxy groups -OCH3 is 1. The van der Waals surface area contributed by atoms with E-state index in [9.17, 15) is 9.59 Å². The number of hydrogen-bond acceptors (Lipinski definition) is 5. The lowest BCUT2D eigenvalue weighted by molar-refractivity contribution is -0.134. The highest BCUT2D eigenvalue weighted by Gasteiger charge is 2.19. The van der Waals surface area contributed by atoms with Crippen LogP contribution in [0.4, 0.5) is 0 Å². The Morgan fingerprint density at radius 1 is 1.58 bits per heavy atom. The van der Waals surface area contributed by atoms with Gasteiger partial charge in [-0.1, -0.05) is 5.21 Å². The lowest BCUT2D eigenvalue weighted by atomic mass is 10.3. The summed E-state index contributed by atoms with van der Waals surface area (Å²) in [5.74, 6) is -1.33. The Hall–Kier alpha value is -1.96. The Bertz CT molecular complexity index is 446. The van der Waals surface area contributed by atoms with Gasteiger partial charge in [-0.3, -0.25) is 4.79 Å². The summed E-state index contributed by atoms with van der Waals surface area (Å²) in [5, 5.41) is 15.8. The summed E-state index contributed by atoms with van der Waals surface area (Å²) in [6.45, 7) is 4.70. The van der Waals surface area contributed by atoms with Gasteiger partial charge in [0.25, 0.3) is 0 Å². The molecule has 0 aliphatic heterocycles. The maximum absolute atomic E-state index is 12.1. The SMILES string of the molecule is CCN(C(=O)Cn1cc(C(=O)O)nn1)C(C)COC. The Balaban J connectivity index is 2.68. The third-order valence-corrected chi connectivity index (χ3v) is 2.66. The van der Waals surface area contributed by atoms with Crippen LogP contribution in [0.5, 0.6) is 0 Å². The number of aromatic carboxylic acids is 1. The summed E-state index contributed by atoms with van der Waals surface area (Å²) in [6, 6.07) is -0.0510. The fraction of sp³-hybridized carbons (Fsp3) is 0.636. The molecule has 0 saturated heterocycles. The lowest BCUT2D eigenvalue weighted by Gasteiger charge is -2.27.